The zero-order chi connectivity index (χ0) is 19.4. The van der Waals surface area contributed by atoms with E-state index >= 15 is 0 Å². The quantitative estimate of drug-likeness (QED) is 0.813. The lowest BCUT2D eigenvalue weighted by molar-refractivity contribution is -0.120. The molecule has 0 fully saturated rings. The lowest BCUT2D eigenvalue weighted by atomic mass is 10.1. The summed E-state index contributed by atoms with van der Waals surface area (Å²) in [7, 11) is 3.11. The highest BCUT2D eigenvalue weighted by Gasteiger charge is 2.35. The Kier molecular flexibility index (Phi) is 5.64. The minimum absolute atomic E-state index is 0.100. The van der Waals surface area contributed by atoms with E-state index in [4.69, 9.17) is 9.47 Å². The van der Waals surface area contributed by atoms with E-state index in [1.807, 2.05) is 31.2 Å². The molecule has 1 atom stereocenters. The van der Waals surface area contributed by atoms with Crippen molar-refractivity contribution in [3.63, 3.8) is 0 Å². The predicted molar refractivity (Wildman–Crippen MR) is 103 cm³/mol. The van der Waals surface area contributed by atoms with Crippen molar-refractivity contribution in [3.05, 3.63) is 53.6 Å². The molecule has 1 aliphatic rings. The molecule has 0 aliphatic carbocycles. The Labute approximate surface area is 159 Å². The molecule has 0 saturated carbocycles. The van der Waals surface area contributed by atoms with E-state index in [9.17, 15) is 9.59 Å². The van der Waals surface area contributed by atoms with Crippen LogP contribution in [0, 0.1) is 0 Å². The highest BCUT2D eigenvalue weighted by molar-refractivity contribution is 6.04. The van der Waals surface area contributed by atoms with Crippen LogP contribution in [0.25, 0.3) is 0 Å². The molecule has 1 N–H and O–H groups in total. The van der Waals surface area contributed by atoms with Gasteiger partial charge in [-0.25, -0.2) is 0 Å². The zero-order valence-corrected chi connectivity index (χ0v) is 15.8. The van der Waals surface area contributed by atoms with Gasteiger partial charge in [0.15, 0.2) is 0 Å². The molecule has 0 aromatic heterocycles. The second-order valence-corrected chi connectivity index (χ2v) is 6.45. The molecule has 6 heteroatoms. The third-order valence-corrected chi connectivity index (χ3v) is 4.75. The summed E-state index contributed by atoms with van der Waals surface area (Å²) in [4.78, 5) is 27.5. The van der Waals surface area contributed by atoms with Gasteiger partial charge in [0.1, 0.15) is 17.5 Å². The molecular formula is C21H24N2O4. The maximum atomic E-state index is 13.1. The van der Waals surface area contributed by atoms with Crippen LogP contribution in [0.2, 0.25) is 0 Å². The maximum absolute atomic E-state index is 13.1. The average Bonchev–Trinajstić information content (AvgIpc) is 3.02. The first-order valence-corrected chi connectivity index (χ1v) is 9.00. The standard InChI is InChI=1S/C21H24N2O4/c1-4-7-18(23-13-14-8-5-6-9-16(14)21(23)25)20(24)22-17-12-15(26-2)10-11-19(17)27-3/h5-6,8-12,18H,4,7,13H2,1-3H3,(H,22,24)/t18-/m1/s1. The fourth-order valence-corrected chi connectivity index (χ4v) is 3.36. The van der Waals surface area contributed by atoms with Crippen molar-refractivity contribution >= 4 is 17.5 Å². The minimum Gasteiger partial charge on any atom is -0.497 e. The second-order valence-electron chi connectivity index (χ2n) is 6.45. The monoisotopic (exact) mass is 368 g/mol. The Balaban J connectivity index is 1.84. The lowest BCUT2D eigenvalue weighted by Crippen LogP contribution is -2.44. The molecule has 0 spiro atoms. The molecule has 6 nitrogen and oxygen atoms in total. The van der Waals surface area contributed by atoms with Crippen LogP contribution < -0.4 is 14.8 Å². The number of rotatable bonds is 7. The molecule has 1 heterocycles. The van der Waals surface area contributed by atoms with Gasteiger partial charge in [0.2, 0.25) is 5.91 Å². The molecule has 1 aliphatic heterocycles. The van der Waals surface area contributed by atoms with Gasteiger partial charge in [-0.3, -0.25) is 9.59 Å². The Morgan fingerprint density at radius 3 is 2.63 bits per heavy atom. The number of hydrogen-bond acceptors (Lipinski definition) is 4. The number of nitrogens with zero attached hydrogens (tertiary/aromatic N) is 1. The molecule has 3 rings (SSSR count). The van der Waals surface area contributed by atoms with Crippen molar-refractivity contribution in [1.29, 1.82) is 0 Å². The van der Waals surface area contributed by atoms with Gasteiger partial charge < -0.3 is 19.7 Å². The van der Waals surface area contributed by atoms with E-state index < -0.39 is 6.04 Å². The summed E-state index contributed by atoms with van der Waals surface area (Å²) < 4.78 is 10.6. The average molecular weight is 368 g/mol. The third-order valence-electron chi connectivity index (χ3n) is 4.75. The Morgan fingerprint density at radius 1 is 1.19 bits per heavy atom. The van der Waals surface area contributed by atoms with Crippen LogP contribution in [0.1, 0.15) is 35.7 Å². The van der Waals surface area contributed by atoms with Crippen molar-refractivity contribution in [3.8, 4) is 11.5 Å². The minimum atomic E-state index is -0.550. The SMILES string of the molecule is CCC[C@H](C(=O)Nc1cc(OC)ccc1OC)N1Cc2ccccc2C1=O. The van der Waals surface area contributed by atoms with Crippen molar-refractivity contribution in [2.24, 2.45) is 0 Å². The van der Waals surface area contributed by atoms with Crippen LogP contribution in [-0.4, -0.2) is 37.0 Å². The molecule has 0 saturated heterocycles. The maximum Gasteiger partial charge on any atom is 0.255 e. The molecule has 2 amide bonds. The number of benzene rings is 2. The van der Waals surface area contributed by atoms with Crippen molar-refractivity contribution in [2.45, 2.75) is 32.4 Å². The smallest absolute Gasteiger partial charge is 0.255 e. The Hall–Kier alpha value is -3.02. The Bertz CT molecular complexity index is 850. The number of carbonyl (C=O) groups excluding carboxylic acids is 2. The fourth-order valence-electron chi connectivity index (χ4n) is 3.36. The summed E-state index contributed by atoms with van der Waals surface area (Å²) in [6, 6.07) is 12.1. The summed E-state index contributed by atoms with van der Waals surface area (Å²) in [5.41, 5.74) is 2.15. The largest absolute Gasteiger partial charge is 0.497 e. The summed E-state index contributed by atoms with van der Waals surface area (Å²) >= 11 is 0. The van der Waals surface area contributed by atoms with Crippen LogP contribution in [0.3, 0.4) is 0 Å². The van der Waals surface area contributed by atoms with Crippen molar-refractivity contribution in [1.82, 2.24) is 4.90 Å². The first-order chi connectivity index (χ1) is 13.1. The molecule has 0 bridgehead atoms. The van der Waals surface area contributed by atoms with Crippen LogP contribution in [-0.2, 0) is 11.3 Å². The van der Waals surface area contributed by atoms with Gasteiger partial charge in [-0.2, -0.15) is 0 Å². The number of fused-ring (bicyclic) bond motifs is 1. The highest BCUT2D eigenvalue weighted by Crippen LogP contribution is 2.31. The van der Waals surface area contributed by atoms with Crippen molar-refractivity contribution < 1.29 is 19.1 Å². The van der Waals surface area contributed by atoms with Crippen LogP contribution in [0.4, 0.5) is 5.69 Å². The topological polar surface area (TPSA) is 67.9 Å². The number of amides is 2. The zero-order valence-electron chi connectivity index (χ0n) is 15.8. The molecule has 0 unspecified atom stereocenters. The van der Waals surface area contributed by atoms with Crippen LogP contribution in [0.5, 0.6) is 11.5 Å². The van der Waals surface area contributed by atoms with E-state index in [2.05, 4.69) is 5.32 Å². The number of ether oxygens (including phenoxy) is 2. The van der Waals surface area contributed by atoms with E-state index in [1.165, 1.54) is 0 Å². The molecule has 2 aromatic carbocycles. The number of carbonyl (C=O) groups is 2. The molecule has 27 heavy (non-hydrogen) atoms. The number of hydrogen-bond donors (Lipinski definition) is 1. The van der Waals surface area contributed by atoms with E-state index in [0.717, 1.165) is 12.0 Å². The predicted octanol–water partition coefficient (Wildman–Crippen LogP) is 3.47. The molecule has 0 radical (unpaired) electrons. The summed E-state index contributed by atoms with van der Waals surface area (Å²) in [6.07, 6.45) is 1.37. The van der Waals surface area contributed by atoms with Crippen LogP contribution in [0.15, 0.2) is 42.5 Å². The number of anilines is 1. The summed E-state index contributed by atoms with van der Waals surface area (Å²) in [5.74, 6) is 0.819. The van der Waals surface area contributed by atoms with Gasteiger partial charge in [-0.05, 0) is 30.2 Å². The van der Waals surface area contributed by atoms with E-state index in [0.29, 0.717) is 35.7 Å². The summed E-state index contributed by atoms with van der Waals surface area (Å²) in [6.45, 7) is 2.45. The summed E-state index contributed by atoms with van der Waals surface area (Å²) in [5, 5.41) is 2.91. The molecule has 142 valence electrons. The second kappa shape index (κ2) is 8.12. The molecule has 2 aromatic rings. The lowest BCUT2D eigenvalue weighted by Gasteiger charge is -2.27. The van der Waals surface area contributed by atoms with Gasteiger partial charge in [0, 0.05) is 18.2 Å². The van der Waals surface area contributed by atoms with E-state index in [1.54, 1.807) is 37.3 Å². The first-order valence-electron chi connectivity index (χ1n) is 9.00. The van der Waals surface area contributed by atoms with Gasteiger partial charge in [-0.15, -0.1) is 0 Å². The fraction of sp³-hybridized carbons (Fsp3) is 0.333. The van der Waals surface area contributed by atoms with Gasteiger partial charge in [0.25, 0.3) is 5.91 Å². The van der Waals surface area contributed by atoms with Gasteiger partial charge in [0.05, 0.1) is 19.9 Å². The van der Waals surface area contributed by atoms with E-state index in [-0.39, 0.29) is 11.8 Å². The molecular weight excluding hydrogens is 344 g/mol. The highest BCUT2D eigenvalue weighted by atomic mass is 16.5. The third kappa shape index (κ3) is 3.74. The van der Waals surface area contributed by atoms with Crippen LogP contribution >= 0.6 is 0 Å². The van der Waals surface area contributed by atoms with Crippen molar-refractivity contribution in [2.75, 3.05) is 19.5 Å². The number of methoxy groups -OCH3 is 2. The number of nitrogens with one attached hydrogen (secondary N) is 1. The normalized spacial score (nSPS) is 13.9. The van der Waals surface area contributed by atoms with Gasteiger partial charge in [-0.1, -0.05) is 31.5 Å². The first kappa shape index (κ1) is 18.8. The van der Waals surface area contributed by atoms with Gasteiger partial charge >= 0.3 is 0 Å². The Morgan fingerprint density at radius 2 is 1.96 bits per heavy atom.